The second-order valence-electron chi connectivity index (χ2n) is 3.49. The van der Waals surface area contributed by atoms with Gasteiger partial charge < -0.3 is 0 Å². The fraction of sp³-hybridized carbons (Fsp3) is 0. The Morgan fingerprint density at radius 1 is 0.941 bits per heavy atom. The molecular weight excluding hydrogens is 318 g/mol. The monoisotopic (exact) mass is 325 g/mol. The molecular formula is C13H9BrClNS. The van der Waals surface area contributed by atoms with E-state index in [9.17, 15) is 0 Å². The Bertz CT molecular complexity index is 600. The molecule has 86 valence electrons. The highest BCUT2D eigenvalue weighted by Crippen LogP contribution is 2.30. The van der Waals surface area contributed by atoms with Crippen molar-refractivity contribution in [2.24, 2.45) is 0 Å². The van der Waals surface area contributed by atoms with Crippen LogP contribution in [-0.2, 0) is 0 Å². The first-order valence-corrected chi connectivity index (χ1v) is 6.55. The van der Waals surface area contributed by atoms with Crippen LogP contribution < -0.4 is 0 Å². The topological polar surface area (TPSA) is 12.9 Å². The normalized spacial score (nSPS) is 10.2. The van der Waals surface area contributed by atoms with Crippen molar-refractivity contribution in [3.05, 3.63) is 53.0 Å². The van der Waals surface area contributed by atoms with Crippen molar-refractivity contribution < 1.29 is 0 Å². The first-order valence-electron chi connectivity index (χ1n) is 4.94. The molecule has 1 aromatic heterocycles. The van der Waals surface area contributed by atoms with E-state index < -0.39 is 0 Å². The number of benzene rings is 2. The molecule has 1 heterocycles. The largest absolute Gasteiger partial charge is 0.236 e. The van der Waals surface area contributed by atoms with Gasteiger partial charge in [0, 0.05) is 10.0 Å². The summed E-state index contributed by atoms with van der Waals surface area (Å²) in [4.78, 5) is 4.62. The Morgan fingerprint density at radius 2 is 1.65 bits per heavy atom. The average molecular weight is 327 g/mol. The number of fused-ring (bicyclic) bond motifs is 1. The standard InChI is InChI=1S/C13H8BrNS.ClH/c14-10-7-5-9(6-8-10)13-15-11-3-1-2-4-12(11)16-13;/h1-8H;1H. The van der Waals surface area contributed by atoms with Crippen molar-refractivity contribution in [2.45, 2.75) is 0 Å². The van der Waals surface area contributed by atoms with E-state index in [4.69, 9.17) is 0 Å². The van der Waals surface area contributed by atoms with Crippen LogP contribution in [0.2, 0.25) is 0 Å². The second kappa shape index (κ2) is 5.17. The molecule has 0 aliphatic carbocycles. The lowest BCUT2D eigenvalue weighted by atomic mass is 10.2. The fourth-order valence-corrected chi connectivity index (χ4v) is 2.82. The Morgan fingerprint density at radius 3 is 2.35 bits per heavy atom. The third-order valence-corrected chi connectivity index (χ3v) is 4.00. The molecule has 3 aromatic rings. The minimum absolute atomic E-state index is 0. The first kappa shape index (κ1) is 12.6. The minimum atomic E-state index is 0. The van der Waals surface area contributed by atoms with Crippen molar-refractivity contribution in [2.75, 3.05) is 0 Å². The van der Waals surface area contributed by atoms with Gasteiger partial charge in [0.05, 0.1) is 10.2 Å². The number of hydrogen-bond donors (Lipinski definition) is 0. The Balaban J connectivity index is 0.00000108. The number of nitrogens with zero attached hydrogens (tertiary/aromatic N) is 1. The van der Waals surface area contributed by atoms with Crippen molar-refractivity contribution in [3.63, 3.8) is 0 Å². The van der Waals surface area contributed by atoms with Gasteiger partial charge in [0.25, 0.3) is 0 Å². The Hall–Kier alpha value is -0.900. The Labute approximate surface area is 118 Å². The molecule has 1 nitrogen and oxygen atoms in total. The molecule has 2 aromatic carbocycles. The quantitative estimate of drug-likeness (QED) is 0.603. The van der Waals surface area contributed by atoms with Crippen molar-refractivity contribution >= 4 is 49.9 Å². The van der Waals surface area contributed by atoms with E-state index in [1.807, 2.05) is 30.3 Å². The molecule has 0 aliphatic heterocycles. The summed E-state index contributed by atoms with van der Waals surface area (Å²) in [5.41, 5.74) is 2.25. The summed E-state index contributed by atoms with van der Waals surface area (Å²) in [6.07, 6.45) is 0. The van der Waals surface area contributed by atoms with E-state index in [1.165, 1.54) is 10.3 Å². The zero-order valence-corrected chi connectivity index (χ0v) is 12.0. The van der Waals surface area contributed by atoms with Gasteiger partial charge in [-0.2, -0.15) is 0 Å². The van der Waals surface area contributed by atoms with Gasteiger partial charge in [0.1, 0.15) is 5.01 Å². The molecule has 0 amide bonds. The van der Waals surface area contributed by atoms with Gasteiger partial charge in [-0.3, -0.25) is 0 Å². The number of halogens is 2. The molecule has 0 fully saturated rings. The average Bonchev–Trinajstić information content (AvgIpc) is 2.73. The summed E-state index contributed by atoms with van der Waals surface area (Å²) >= 11 is 5.17. The van der Waals surface area contributed by atoms with E-state index in [0.29, 0.717) is 0 Å². The van der Waals surface area contributed by atoms with Crippen LogP contribution >= 0.6 is 39.7 Å². The van der Waals surface area contributed by atoms with E-state index in [1.54, 1.807) is 11.3 Å². The van der Waals surface area contributed by atoms with Gasteiger partial charge >= 0.3 is 0 Å². The Kier molecular flexibility index (Phi) is 3.82. The zero-order valence-electron chi connectivity index (χ0n) is 8.76. The summed E-state index contributed by atoms with van der Waals surface area (Å²) in [6, 6.07) is 16.5. The molecule has 4 heteroatoms. The predicted molar refractivity (Wildman–Crippen MR) is 80.0 cm³/mol. The van der Waals surface area contributed by atoms with Crippen molar-refractivity contribution in [1.29, 1.82) is 0 Å². The number of thiazole rings is 1. The van der Waals surface area contributed by atoms with Crippen LogP contribution in [0.3, 0.4) is 0 Å². The zero-order chi connectivity index (χ0) is 11.0. The highest BCUT2D eigenvalue weighted by atomic mass is 79.9. The summed E-state index contributed by atoms with van der Waals surface area (Å²) in [7, 11) is 0. The van der Waals surface area contributed by atoms with Gasteiger partial charge in [-0.05, 0) is 24.3 Å². The lowest BCUT2D eigenvalue weighted by Gasteiger charge is -1.94. The van der Waals surface area contributed by atoms with Gasteiger partial charge in [-0.15, -0.1) is 23.7 Å². The molecule has 0 saturated carbocycles. The van der Waals surface area contributed by atoms with Crippen molar-refractivity contribution in [1.82, 2.24) is 4.98 Å². The fourth-order valence-electron chi connectivity index (χ4n) is 1.59. The third-order valence-electron chi connectivity index (χ3n) is 2.39. The molecule has 0 spiro atoms. The van der Waals surface area contributed by atoms with Crippen LogP contribution in [-0.4, -0.2) is 4.98 Å². The minimum Gasteiger partial charge on any atom is -0.236 e. The van der Waals surface area contributed by atoms with Crippen molar-refractivity contribution in [3.8, 4) is 10.6 Å². The third kappa shape index (κ3) is 2.51. The molecule has 0 unspecified atom stereocenters. The summed E-state index contributed by atoms with van der Waals surface area (Å²) in [5.74, 6) is 0. The number of rotatable bonds is 1. The summed E-state index contributed by atoms with van der Waals surface area (Å²) < 4.78 is 2.33. The molecule has 0 N–H and O–H groups in total. The van der Waals surface area contributed by atoms with Gasteiger partial charge in [-0.25, -0.2) is 4.98 Å². The molecule has 17 heavy (non-hydrogen) atoms. The van der Waals surface area contributed by atoms with Gasteiger partial charge in [-0.1, -0.05) is 40.2 Å². The molecule has 0 aliphatic rings. The maximum Gasteiger partial charge on any atom is 0.124 e. The SMILES string of the molecule is Brc1ccc(-c2nc3ccccc3s2)cc1.Cl. The first-order chi connectivity index (χ1) is 7.83. The number of aromatic nitrogens is 1. The number of hydrogen-bond acceptors (Lipinski definition) is 2. The van der Waals surface area contributed by atoms with Gasteiger partial charge in [0.15, 0.2) is 0 Å². The smallest absolute Gasteiger partial charge is 0.124 e. The van der Waals surface area contributed by atoms with E-state index >= 15 is 0 Å². The lowest BCUT2D eigenvalue weighted by molar-refractivity contribution is 1.47. The van der Waals surface area contributed by atoms with Crippen LogP contribution in [0.25, 0.3) is 20.8 Å². The maximum absolute atomic E-state index is 4.62. The maximum atomic E-state index is 4.62. The predicted octanol–water partition coefficient (Wildman–Crippen LogP) is 5.15. The molecule has 0 radical (unpaired) electrons. The lowest BCUT2D eigenvalue weighted by Crippen LogP contribution is -1.74. The van der Waals surface area contributed by atoms with E-state index in [2.05, 4.69) is 39.1 Å². The highest BCUT2D eigenvalue weighted by Gasteiger charge is 2.04. The summed E-state index contributed by atoms with van der Waals surface area (Å²) in [6.45, 7) is 0. The molecule has 0 saturated heterocycles. The van der Waals surface area contributed by atoms with Crippen LogP contribution in [0, 0.1) is 0 Å². The van der Waals surface area contributed by atoms with Crippen LogP contribution in [0.4, 0.5) is 0 Å². The van der Waals surface area contributed by atoms with E-state index in [0.717, 1.165) is 15.0 Å². The van der Waals surface area contributed by atoms with E-state index in [-0.39, 0.29) is 12.4 Å². The van der Waals surface area contributed by atoms with Crippen LogP contribution in [0.1, 0.15) is 0 Å². The second-order valence-corrected chi connectivity index (χ2v) is 5.44. The van der Waals surface area contributed by atoms with Gasteiger partial charge in [0.2, 0.25) is 0 Å². The molecule has 0 atom stereocenters. The van der Waals surface area contributed by atoms with Crippen LogP contribution in [0.15, 0.2) is 53.0 Å². The number of para-hydroxylation sites is 1. The summed E-state index contributed by atoms with van der Waals surface area (Å²) in [5, 5.41) is 1.08. The highest BCUT2D eigenvalue weighted by molar-refractivity contribution is 9.10. The molecule has 0 bridgehead atoms. The molecule has 3 rings (SSSR count). The van der Waals surface area contributed by atoms with Crippen LogP contribution in [0.5, 0.6) is 0 Å².